The van der Waals surface area contributed by atoms with E-state index in [1.807, 2.05) is 0 Å². The highest BCUT2D eigenvalue weighted by molar-refractivity contribution is 5.92. The van der Waals surface area contributed by atoms with Gasteiger partial charge in [0.05, 0.1) is 6.54 Å². The summed E-state index contributed by atoms with van der Waals surface area (Å²) in [4.78, 5) is 13.9. The predicted molar refractivity (Wildman–Crippen MR) is 66.1 cm³/mol. The highest BCUT2D eigenvalue weighted by Gasteiger charge is 2.25. The van der Waals surface area contributed by atoms with Crippen molar-refractivity contribution in [3.63, 3.8) is 0 Å². The van der Waals surface area contributed by atoms with Crippen molar-refractivity contribution in [1.82, 2.24) is 9.47 Å². The molecule has 1 aromatic heterocycles. The van der Waals surface area contributed by atoms with Crippen molar-refractivity contribution in [2.75, 3.05) is 19.7 Å². The van der Waals surface area contributed by atoms with Gasteiger partial charge in [-0.1, -0.05) is 0 Å². The maximum Gasteiger partial charge on any atom is 0.270 e. The molecule has 2 heterocycles. The van der Waals surface area contributed by atoms with Crippen molar-refractivity contribution in [3.8, 4) is 0 Å². The first-order chi connectivity index (χ1) is 9.11. The molecule has 1 saturated heterocycles. The Morgan fingerprint density at radius 1 is 1.53 bits per heavy atom. The minimum absolute atomic E-state index is 0.0574. The van der Waals surface area contributed by atoms with Crippen molar-refractivity contribution in [2.45, 2.75) is 25.8 Å². The molecule has 19 heavy (non-hydrogen) atoms. The minimum atomic E-state index is -2.48. The van der Waals surface area contributed by atoms with Gasteiger partial charge in [0.25, 0.3) is 12.3 Å². The zero-order valence-corrected chi connectivity index (χ0v) is 10.6. The molecule has 1 amide bonds. The lowest BCUT2D eigenvalue weighted by atomic mass is 9.99. The van der Waals surface area contributed by atoms with Gasteiger partial charge in [-0.2, -0.15) is 0 Å². The van der Waals surface area contributed by atoms with Crippen LogP contribution in [0.25, 0.3) is 0 Å². The second-order valence-electron chi connectivity index (χ2n) is 4.88. The molecule has 0 bridgehead atoms. The monoisotopic (exact) mass is 272 g/mol. The maximum atomic E-state index is 12.4. The lowest BCUT2D eigenvalue weighted by Crippen LogP contribution is -2.41. The molecule has 2 rings (SSSR count). The molecule has 6 heteroatoms. The highest BCUT2D eigenvalue weighted by Crippen LogP contribution is 2.18. The van der Waals surface area contributed by atoms with Gasteiger partial charge in [-0.15, -0.1) is 0 Å². The summed E-state index contributed by atoms with van der Waals surface area (Å²) in [5.74, 6) is -0.139. The summed E-state index contributed by atoms with van der Waals surface area (Å²) in [6, 6.07) is 3.16. The molecule has 0 aromatic carbocycles. The summed E-state index contributed by atoms with van der Waals surface area (Å²) >= 11 is 0. The smallest absolute Gasteiger partial charge is 0.270 e. The molecule has 0 saturated carbocycles. The van der Waals surface area contributed by atoms with E-state index in [9.17, 15) is 13.6 Å². The van der Waals surface area contributed by atoms with Crippen LogP contribution in [0.15, 0.2) is 18.3 Å². The molecule has 1 aliphatic rings. The van der Waals surface area contributed by atoms with Crippen LogP contribution in [0.2, 0.25) is 0 Å². The predicted octanol–water partition coefficient (Wildman–Crippen LogP) is 1.60. The Morgan fingerprint density at radius 3 is 3.00 bits per heavy atom. The summed E-state index contributed by atoms with van der Waals surface area (Å²) in [5, 5.41) is 9.15. The SMILES string of the molecule is O=C(c1cccn1CC(F)F)N1CCCC(CO)C1. The fourth-order valence-electron chi connectivity index (χ4n) is 2.48. The zero-order valence-electron chi connectivity index (χ0n) is 10.6. The van der Waals surface area contributed by atoms with Gasteiger partial charge in [-0.25, -0.2) is 8.78 Å². The summed E-state index contributed by atoms with van der Waals surface area (Å²) < 4.78 is 26.1. The standard InChI is InChI=1S/C13H18F2N2O2/c14-12(15)8-16-5-2-4-11(16)13(19)17-6-1-3-10(7-17)9-18/h2,4-5,10,12,18H,1,3,6-9H2. The zero-order chi connectivity index (χ0) is 13.8. The molecule has 1 aromatic rings. The number of amides is 1. The first kappa shape index (κ1) is 14.0. The molecular weight excluding hydrogens is 254 g/mol. The third-order valence-corrected chi connectivity index (χ3v) is 3.45. The number of aliphatic hydroxyl groups excluding tert-OH is 1. The van der Waals surface area contributed by atoms with Gasteiger partial charge in [-0.05, 0) is 30.9 Å². The van der Waals surface area contributed by atoms with Crippen molar-refractivity contribution in [1.29, 1.82) is 0 Å². The van der Waals surface area contributed by atoms with Crippen molar-refractivity contribution >= 4 is 5.91 Å². The van der Waals surface area contributed by atoms with Crippen LogP contribution >= 0.6 is 0 Å². The van der Waals surface area contributed by atoms with Gasteiger partial charge in [0.15, 0.2) is 0 Å². The Hall–Kier alpha value is -1.43. The van der Waals surface area contributed by atoms with E-state index < -0.39 is 13.0 Å². The van der Waals surface area contributed by atoms with Gasteiger partial charge in [0.1, 0.15) is 5.69 Å². The van der Waals surface area contributed by atoms with Crippen LogP contribution < -0.4 is 0 Å². The Balaban J connectivity index is 2.08. The molecule has 0 radical (unpaired) electrons. The number of alkyl halides is 2. The molecule has 1 aliphatic heterocycles. The number of piperidine rings is 1. The largest absolute Gasteiger partial charge is 0.396 e. The van der Waals surface area contributed by atoms with Crippen LogP contribution in [0.5, 0.6) is 0 Å². The van der Waals surface area contributed by atoms with Gasteiger partial charge in [0, 0.05) is 25.9 Å². The number of nitrogens with zero attached hydrogens (tertiary/aromatic N) is 2. The van der Waals surface area contributed by atoms with E-state index in [1.165, 1.54) is 10.8 Å². The lowest BCUT2D eigenvalue weighted by Gasteiger charge is -2.32. The molecule has 1 N–H and O–H groups in total. The molecule has 0 spiro atoms. The molecule has 1 unspecified atom stereocenters. The number of likely N-dealkylation sites (tertiary alicyclic amines) is 1. The van der Waals surface area contributed by atoms with E-state index in [0.717, 1.165) is 12.8 Å². The number of hydrogen-bond donors (Lipinski definition) is 1. The van der Waals surface area contributed by atoms with Gasteiger partial charge in [-0.3, -0.25) is 4.79 Å². The average Bonchev–Trinajstić information content (AvgIpc) is 2.85. The number of carbonyl (C=O) groups excluding carboxylic acids is 1. The van der Waals surface area contributed by atoms with Crippen molar-refractivity contribution in [2.24, 2.45) is 5.92 Å². The molecular formula is C13H18F2N2O2. The maximum absolute atomic E-state index is 12.4. The Bertz CT molecular complexity index is 434. The number of halogens is 2. The Kier molecular flexibility index (Phi) is 4.52. The normalized spacial score (nSPS) is 20.0. The van der Waals surface area contributed by atoms with E-state index >= 15 is 0 Å². The molecule has 1 fully saturated rings. The van der Waals surface area contributed by atoms with Gasteiger partial charge in [0.2, 0.25) is 0 Å². The van der Waals surface area contributed by atoms with E-state index in [0.29, 0.717) is 18.8 Å². The molecule has 4 nitrogen and oxygen atoms in total. The van der Waals surface area contributed by atoms with Crippen molar-refractivity contribution in [3.05, 3.63) is 24.0 Å². The third-order valence-electron chi connectivity index (χ3n) is 3.45. The number of aliphatic hydroxyl groups is 1. The van der Waals surface area contributed by atoms with Crippen LogP contribution in [0, 0.1) is 5.92 Å². The van der Waals surface area contributed by atoms with Crippen LogP contribution in [-0.4, -0.2) is 46.6 Å². The first-order valence-electron chi connectivity index (χ1n) is 6.45. The second-order valence-corrected chi connectivity index (χ2v) is 4.88. The number of aromatic nitrogens is 1. The quantitative estimate of drug-likeness (QED) is 0.905. The first-order valence-corrected chi connectivity index (χ1v) is 6.45. The molecule has 106 valence electrons. The van der Waals surface area contributed by atoms with E-state index in [2.05, 4.69) is 0 Å². The summed E-state index contributed by atoms with van der Waals surface area (Å²) in [6.45, 7) is 0.706. The van der Waals surface area contributed by atoms with Crippen LogP contribution in [0.3, 0.4) is 0 Å². The van der Waals surface area contributed by atoms with Crippen molar-refractivity contribution < 1.29 is 18.7 Å². The van der Waals surface area contributed by atoms with Gasteiger partial charge >= 0.3 is 0 Å². The van der Waals surface area contributed by atoms with Crippen LogP contribution in [-0.2, 0) is 6.54 Å². The van der Waals surface area contributed by atoms with Gasteiger partial charge < -0.3 is 14.6 Å². The summed E-state index contributed by atoms with van der Waals surface area (Å²) in [5.41, 5.74) is 0.291. The number of carbonyl (C=O) groups is 1. The van der Waals surface area contributed by atoms with E-state index in [1.54, 1.807) is 17.0 Å². The fourth-order valence-corrected chi connectivity index (χ4v) is 2.48. The third kappa shape index (κ3) is 3.32. The minimum Gasteiger partial charge on any atom is -0.396 e. The topological polar surface area (TPSA) is 45.5 Å². The molecule has 1 atom stereocenters. The fraction of sp³-hybridized carbons (Fsp3) is 0.615. The highest BCUT2D eigenvalue weighted by atomic mass is 19.3. The van der Waals surface area contributed by atoms with Crippen LogP contribution in [0.4, 0.5) is 8.78 Å². The number of hydrogen-bond acceptors (Lipinski definition) is 2. The summed E-state index contributed by atoms with van der Waals surface area (Å²) in [6.07, 6.45) is 0.753. The van der Waals surface area contributed by atoms with E-state index in [-0.39, 0.29) is 18.4 Å². The number of rotatable bonds is 4. The Labute approximate surface area is 110 Å². The van der Waals surface area contributed by atoms with E-state index in [4.69, 9.17) is 5.11 Å². The molecule has 0 aliphatic carbocycles. The average molecular weight is 272 g/mol. The summed E-state index contributed by atoms with van der Waals surface area (Å²) in [7, 11) is 0. The lowest BCUT2D eigenvalue weighted by molar-refractivity contribution is 0.0603. The Morgan fingerprint density at radius 2 is 2.32 bits per heavy atom. The van der Waals surface area contributed by atoms with Crippen LogP contribution in [0.1, 0.15) is 23.3 Å². The second kappa shape index (κ2) is 6.14.